The van der Waals surface area contributed by atoms with Gasteiger partial charge < -0.3 is 9.47 Å². The lowest BCUT2D eigenvalue weighted by atomic mass is 10.1. The summed E-state index contributed by atoms with van der Waals surface area (Å²) >= 11 is 0. The summed E-state index contributed by atoms with van der Waals surface area (Å²) in [6.45, 7) is 6.01. The summed E-state index contributed by atoms with van der Waals surface area (Å²) in [5.74, 6) is 2.07. The molecule has 0 aliphatic carbocycles. The summed E-state index contributed by atoms with van der Waals surface area (Å²) in [7, 11) is 0. The maximum Gasteiger partial charge on any atom is 0.165 e. The maximum absolute atomic E-state index is 5.73. The predicted octanol–water partition coefficient (Wildman–Crippen LogP) is 3.67. The molecule has 0 radical (unpaired) electrons. The Morgan fingerprint density at radius 3 is 2.65 bits per heavy atom. The highest BCUT2D eigenvalue weighted by atomic mass is 16.7. The van der Waals surface area contributed by atoms with E-state index in [9.17, 15) is 0 Å². The smallest absolute Gasteiger partial charge is 0.165 e. The maximum atomic E-state index is 5.73. The molecule has 0 bridgehead atoms. The Balaban J connectivity index is 2.30. The van der Waals surface area contributed by atoms with Crippen molar-refractivity contribution in [1.82, 2.24) is 0 Å². The summed E-state index contributed by atoms with van der Waals surface area (Å²) < 4.78 is 11.3. The lowest BCUT2D eigenvalue weighted by molar-refractivity contribution is -0.138. The van der Waals surface area contributed by atoms with Crippen LogP contribution in [-0.2, 0) is 9.47 Å². The molecule has 2 heteroatoms. The summed E-state index contributed by atoms with van der Waals surface area (Å²) in [4.78, 5) is 0. The third kappa shape index (κ3) is 4.93. The predicted molar refractivity (Wildman–Crippen MR) is 70.6 cm³/mol. The molecule has 96 valence electrons. The van der Waals surface area contributed by atoms with Gasteiger partial charge in [-0.1, -0.05) is 44.3 Å². The van der Waals surface area contributed by atoms with Gasteiger partial charge in [-0.15, -0.1) is 6.42 Å². The van der Waals surface area contributed by atoms with Crippen molar-refractivity contribution in [2.45, 2.75) is 70.9 Å². The fourth-order valence-corrected chi connectivity index (χ4v) is 1.98. The number of rotatable bonds is 6. The molecule has 1 aliphatic rings. The second-order valence-electron chi connectivity index (χ2n) is 4.96. The van der Waals surface area contributed by atoms with Gasteiger partial charge in [0.2, 0.25) is 0 Å². The molecule has 2 atom stereocenters. The average Bonchev–Trinajstić information content (AvgIpc) is 2.58. The normalized spacial score (nSPS) is 27.4. The molecule has 0 N–H and O–H groups in total. The van der Waals surface area contributed by atoms with E-state index in [1.807, 2.05) is 19.9 Å². The van der Waals surface area contributed by atoms with E-state index in [4.69, 9.17) is 15.9 Å². The SMILES string of the molecule is C#C[C@H]1OC(C)(C)O[C@H]1/C=C/CCCCCC. The largest absolute Gasteiger partial charge is 0.339 e. The lowest BCUT2D eigenvalue weighted by Gasteiger charge is -2.15. The van der Waals surface area contributed by atoms with E-state index < -0.39 is 5.79 Å². The fourth-order valence-electron chi connectivity index (χ4n) is 1.98. The Bertz CT molecular complexity index is 286. The zero-order valence-electron chi connectivity index (χ0n) is 11.2. The van der Waals surface area contributed by atoms with Crippen molar-refractivity contribution in [1.29, 1.82) is 0 Å². The fraction of sp³-hybridized carbons (Fsp3) is 0.733. The molecule has 2 nitrogen and oxygen atoms in total. The Kier molecular flexibility index (Phi) is 5.74. The van der Waals surface area contributed by atoms with Crippen molar-refractivity contribution < 1.29 is 9.47 Å². The molecule has 0 spiro atoms. The second-order valence-corrected chi connectivity index (χ2v) is 4.96. The van der Waals surface area contributed by atoms with Gasteiger partial charge in [0, 0.05) is 0 Å². The first kappa shape index (κ1) is 14.3. The molecule has 0 saturated carbocycles. The molecule has 0 aromatic rings. The molecule has 1 aliphatic heterocycles. The Hall–Kier alpha value is -0.780. The van der Waals surface area contributed by atoms with Crippen LogP contribution in [0, 0.1) is 12.3 Å². The topological polar surface area (TPSA) is 18.5 Å². The van der Waals surface area contributed by atoms with E-state index in [1.165, 1.54) is 25.7 Å². The van der Waals surface area contributed by atoms with Gasteiger partial charge in [-0.2, -0.15) is 0 Å². The molecule has 1 heterocycles. The molecule has 1 fully saturated rings. The molecule has 17 heavy (non-hydrogen) atoms. The molecule has 0 aromatic carbocycles. The molecule has 0 aromatic heterocycles. The van der Waals surface area contributed by atoms with Gasteiger partial charge in [0.15, 0.2) is 11.9 Å². The molecular formula is C15H24O2. The number of allylic oxidation sites excluding steroid dienone is 1. The van der Waals surface area contributed by atoms with E-state index in [2.05, 4.69) is 18.9 Å². The number of terminal acetylenes is 1. The molecule has 1 saturated heterocycles. The van der Waals surface area contributed by atoms with E-state index in [1.54, 1.807) is 0 Å². The number of hydrogen-bond acceptors (Lipinski definition) is 2. The molecule has 0 unspecified atom stereocenters. The minimum Gasteiger partial charge on any atom is -0.339 e. The van der Waals surface area contributed by atoms with Crippen LogP contribution in [0.2, 0.25) is 0 Å². The van der Waals surface area contributed by atoms with Crippen LogP contribution in [0.25, 0.3) is 0 Å². The van der Waals surface area contributed by atoms with Gasteiger partial charge in [0.1, 0.15) is 6.10 Å². The Labute approximate surface area is 105 Å². The third-order valence-corrected chi connectivity index (χ3v) is 2.84. The summed E-state index contributed by atoms with van der Waals surface area (Å²) in [5, 5.41) is 0. The van der Waals surface area contributed by atoms with Crippen molar-refractivity contribution in [3.8, 4) is 12.3 Å². The van der Waals surface area contributed by atoms with Crippen LogP contribution < -0.4 is 0 Å². The first-order valence-corrected chi connectivity index (χ1v) is 6.57. The standard InChI is InChI=1S/C15H24O2/c1-5-7-8-9-10-11-12-14-13(6-2)16-15(3,4)17-14/h2,11-14H,5,7-10H2,1,3-4H3/b12-11+/t13-,14+/m1/s1. The van der Waals surface area contributed by atoms with E-state index in [0.29, 0.717) is 0 Å². The van der Waals surface area contributed by atoms with Crippen LogP contribution in [0.15, 0.2) is 12.2 Å². The van der Waals surface area contributed by atoms with Crippen LogP contribution in [0.5, 0.6) is 0 Å². The summed E-state index contributed by atoms with van der Waals surface area (Å²) in [6.07, 6.45) is 15.5. The first-order valence-electron chi connectivity index (χ1n) is 6.57. The quantitative estimate of drug-likeness (QED) is 0.398. The van der Waals surface area contributed by atoms with Crippen LogP contribution >= 0.6 is 0 Å². The average molecular weight is 236 g/mol. The van der Waals surface area contributed by atoms with Gasteiger partial charge in [0.05, 0.1) is 0 Å². The Morgan fingerprint density at radius 2 is 2.00 bits per heavy atom. The monoisotopic (exact) mass is 236 g/mol. The highest BCUT2D eigenvalue weighted by molar-refractivity contribution is 5.09. The van der Waals surface area contributed by atoms with Gasteiger partial charge in [-0.3, -0.25) is 0 Å². The summed E-state index contributed by atoms with van der Waals surface area (Å²) in [6, 6.07) is 0. The van der Waals surface area contributed by atoms with Crippen molar-refractivity contribution in [2.24, 2.45) is 0 Å². The molecule has 1 rings (SSSR count). The van der Waals surface area contributed by atoms with E-state index in [0.717, 1.165) is 6.42 Å². The summed E-state index contributed by atoms with van der Waals surface area (Å²) in [5.41, 5.74) is 0. The highest BCUT2D eigenvalue weighted by Crippen LogP contribution is 2.28. The van der Waals surface area contributed by atoms with Crippen LogP contribution in [0.3, 0.4) is 0 Å². The number of unbranched alkanes of at least 4 members (excludes halogenated alkanes) is 4. The van der Waals surface area contributed by atoms with Gasteiger partial charge >= 0.3 is 0 Å². The first-order chi connectivity index (χ1) is 8.09. The van der Waals surface area contributed by atoms with Crippen molar-refractivity contribution in [3.05, 3.63) is 12.2 Å². The molecule has 0 amide bonds. The minimum absolute atomic E-state index is 0.0961. The highest BCUT2D eigenvalue weighted by Gasteiger charge is 2.38. The second kappa shape index (κ2) is 6.83. The lowest BCUT2D eigenvalue weighted by Crippen LogP contribution is -2.20. The van der Waals surface area contributed by atoms with Crippen molar-refractivity contribution >= 4 is 0 Å². The van der Waals surface area contributed by atoms with Crippen LogP contribution in [-0.4, -0.2) is 18.0 Å². The van der Waals surface area contributed by atoms with Gasteiger partial charge in [0.25, 0.3) is 0 Å². The third-order valence-electron chi connectivity index (χ3n) is 2.84. The van der Waals surface area contributed by atoms with E-state index >= 15 is 0 Å². The van der Waals surface area contributed by atoms with E-state index in [-0.39, 0.29) is 12.2 Å². The van der Waals surface area contributed by atoms with Crippen molar-refractivity contribution in [2.75, 3.05) is 0 Å². The van der Waals surface area contributed by atoms with Crippen LogP contribution in [0.1, 0.15) is 52.9 Å². The number of ether oxygens (including phenoxy) is 2. The molecular weight excluding hydrogens is 212 g/mol. The van der Waals surface area contributed by atoms with Crippen LogP contribution in [0.4, 0.5) is 0 Å². The van der Waals surface area contributed by atoms with Crippen molar-refractivity contribution in [3.63, 3.8) is 0 Å². The van der Waals surface area contributed by atoms with Gasteiger partial charge in [-0.25, -0.2) is 0 Å². The zero-order chi connectivity index (χ0) is 12.7. The van der Waals surface area contributed by atoms with Gasteiger partial charge in [-0.05, 0) is 26.7 Å². The Morgan fingerprint density at radius 1 is 1.24 bits per heavy atom. The number of hydrogen-bond donors (Lipinski definition) is 0. The minimum atomic E-state index is -0.561. The zero-order valence-corrected chi connectivity index (χ0v) is 11.2.